The van der Waals surface area contributed by atoms with Crippen LogP contribution in [0.5, 0.6) is 0 Å². The zero-order chi connectivity index (χ0) is 24.0. The van der Waals surface area contributed by atoms with E-state index >= 15 is 0 Å². The van der Waals surface area contributed by atoms with Gasteiger partial charge in [0, 0.05) is 4.47 Å². The van der Waals surface area contributed by atoms with Crippen LogP contribution in [0.1, 0.15) is 17.2 Å². The number of hydrogen-bond donors (Lipinski definition) is 0. The number of imide groups is 1. The summed E-state index contributed by atoms with van der Waals surface area (Å²) in [4.78, 5) is 36.3. The lowest BCUT2D eigenvalue weighted by atomic mass is 9.69. The minimum absolute atomic E-state index is 0.298. The molecule has 2 aliphatic heterocycles. The Morgan fingerprint density at radius 3 is 1.89 bits per heavy atom. The van der Waals surface area contributed by atoms with Crippen LogP contribution in [0, 0.1) is 0 Å². The molecule has 2 aliphatic rings. The van der Waals surface area contributed by atoms with Gasteiger partial charge in [-0.1, -0.05) is 94.8 Å². The van der Waals surface area contributed by atoms with Crippen molar-refractivity contribution in [1.82, 2.24) is 0 Å². The standard InChI is InChI=1S/C29H21BrN2O3/c30-22-16-18-23(19-17-22)31-27(33)26-29(28(31)34,21-12-6-2-7-13-21)25(20-10-4-1-5-11-20)32(35-26)24-14-8-3-9-15-24/h1-19,25-26H. The van der Waals surface area contributed by atoms with Crippen LogP contribution in [0.15, 0.2) is 120 Å². The summed E-state index contributed by atoms with van der Waals surface area (Å²) in [6.45, 7) is 0. The zero-order valence-corrected chi connectivity index (χ0v) is 20.2. The molecule has 35 heavy (non-hydrogen) atoms. The van der Waals surface area contributed by atoms with Crippen LogP contribution in [-0.4, -0.2) is 17.9 Å². The molecular formula is C29H21BrN2O3. The first-order chi connectivity index (χ1) is 17.1. The highest BCUT2D eigenvalue weighted by molar-refractivity contribution is 9.10. The summed E-state index contributed by atoms with van der Waals surface area (Å²) < 4.78 is 0.868. The molecular weight excluding hydrogens is 504 g/mol. The summed E-state index contributed by atoms with van der Waals surface area (Å²) in [5.41, 5.74) is 1.66. The predicted molar refractivity (Wildman–Crippen MR) is 138 cm³/mol. The fourth-order valence-corrected chi connectivity index (χ4v) is 5.52. The minimum Gasteiger partial charge on any atom is -0.273 e. The van der Waals surface area contributed by atoms with Crippen molar-refractivity contribution >= 4 is 39.1 Å². The van der Waals surface area contributed by atoms with E-state index in [4.69, 9.17) is 4.84 Å². The molecule has 0 aliphatic carbocycles. The van der Waals surface area contributed by atoms with Crippen molar-refractivity contribution in [3.8, 4) is 0 Å². The van der Waals surface area contributed by atoms with E-state index in [1.807, 2.05) is 103 Å². The number of nitrogens with zero attached hydrogens (tertiary/aromatic N) is 2. The second-order valence-corrected chi connectivity index (χ2v) is 9.57. The van der Waals surface area contributed by atoms with Crippen LogP contribution in [0.4, 0.5) is 11.4 Å². The molecule has 4 aromatic carbocycles. The number of carbonyl (C=O) groups is 2. The lowest BCUT2D eigenvalue weighted by molar-refractivity contribution is -0.126. The number of anilines is 2. The maximum Gasteiger partial charge on any atom is 0.267 e. The van der Waals surface area contributed by atoms with Crippen LogP contribution in [0.3, 0.4) is 0 Å². The van der Waals surface area contributed by atoms with Gasteiger partial charge in [-0.3, -0.25) is 14.4 Å². The number of benzene rings is 4. The van der Waals surface area contributed by atoms with Gasteiger partial charge in [0.05, 0.1) is 11.4 Å². The molecule has 2 amide bonds. The molecule has 0 bridgehead atoms. The van der Waals surface area contributed by atoms with Crippen molar-refractivity contribution in [2.24, 2.45) is 0 Å². The van der Waals surface area contributed by atoms with E-state index in [0.717, 1.165) is 21.3 Å². The van der Waals surface area contributed by atoms with Gasteiger partial charge in [0.25, 0.3) is 5.91 Å². The number of fused-ring (bicyclic) bond motifs is 1. The Hall–Kier alpha value is -3.74. The highest BCUT2D eigenvalue weighted by Crippen LogP contribution is 2.57. The van der Waals surface area contributed by atoms with Crippen LogP contribution in [0.2, 0.25) is 0 Å². The number of amides is 2. The topological polar surface area (TPSA) is 49.9 Å². The number of para-hydroxylation sites is 1. The Kier molecular flexibility index (Phi) is 5.28. The Morgan fingerprint density at radius 2 is 1.26 bits per heavy atom. The minimum atomic E-state index is -1.28. The van der Waals surface area contributed by atoms with E-state index in [9.17, 15) is 9.59 Å². The lowest BCUT2D eigenvalue weighted by Crippen LogP contribution is -2.46. The quantitative estimate of drug-likeness (QED) is 0.315. The van der Waals surface area contributed by atoms with Gasteiger partial charge in [-0.05, 0) is 47.5 Å². The first-order valence-electron chi connectivity index (χ1n) is 11.4. The summed E-state index contributed by atoms with van der Waals surface area (Å²) in [5, 5.41) is 1.74. The van der Waals surface area contributed by atoms with E-state index in [1.54, 1.807) is 17.2 Å². The van der Waals surface area contributed by atoms with Crippen molar-refractivity contribution < 1.29 is 14.4 Å². The lowest BCUT2D eigenvalue weighted by Gasteiger charge is -2.35. The van der Waals surface area contributed by atoms with Crippen molar-refractivity contribution in [3.05, 3.63) is 131 Å². The Balaban J connectivity index is 1.61. The normalized spacial score (nSPS) is 23.6. The molecule has 2 fully saturated rings. The Labute approximate surface area is 211 Å². The number of carbonyl (C=O) groups excluding carboxylic acids is 2. The third-order valence-corrected chi connectivity index (χ3v) is 7.29. The zero-order valence-electron chi connectivity index (χ0n) is 18.6. The van der Waals surface area contributed by atoms with E-state index in [-0.39, 0.29) is 11.8 Å². The second-order valence-electron chi connectivity index (χ2n) is 8.65. The van der Waals surface area contributed by atoms with Gasteiger partial charge in [0.1, 0.15) is 11.5 Å². The molecule has 6 heteroatoms. The fourth-order valence-electron chi connectivity index (χ4n) is 5.26. The molecule has 0 N–H and O–H groups in total. The van der Waals surface area contributed by atoms with E-state index in [0.29, 0.717) is 5.69 Å². The molecule has 3 unspecified atom stereocenters. The van der Waals surface area contributed by atoms with Crippen molar-refractivity contribution in [2.75, 3.05) is 9.96 Å². The van der Waals surface area contributed by atoms with Gasteiger partial charge in [0.15, 0.2) is 6.10 Å². The smallest absolute Gasteiger partial charge is 0.267 e. The molecule has 0 spiro atoms. The largest absolute Gasteiger partial charge is 0.273 e. The van der Waals surface area contributed by atoms with Gasteiger partial charge in [-0.2, -0.15) is 0 Å². The molecule has 0 saturated carbocycles. The molecule has 4 aromatic rings. The van der Waals surface area contributed by atoms with E-state index in [2.05, 4.69) is 15.9 Å². The SMILES string of the molecule is O=C1C2ON(c3ccccc3)C(c3ccccc3)C2(c2ccccc2)C(=O)N1c1ccc(Br)cc1. The molecule has 6 rings (SSSR count). The van der Waals surface area contributed by atoms with Gasteiger partial charge < -0.3 is 0 Å². The summed E-state index contributed by atoms with van der Waals surface area (Å²) >= 11 is 3.43. The summed E-state index contributed by atoms with van der Waals surface area (Å²) in [5.74, 6) is -0.672. The average Bonchev–Trinajstić information content (AvgIpc) is 3.38. The maximum atomic E-state index is 14.6. The van der Waals surface area contributed by atoms with Crippen molar-refractivity contribution in [2.45, 2.75) is 17.6 Å². The molecule has 172 valence electrons. The number of rotatable bonds is 4. The molecule has 0 radical (unpaired) electrons. The first-order valence-corrected chi connectivity index (χ1v) is 12.2. The predicted octanol–water partition coefficient (Wildman–Crippen LogP) is 5.82. The monoisotopic (exact) mass is 524 g/mol. The van der Waals surface area contributed by atoms with Gasteiger partial charge >= 0.3 is 0 Å². The Morgan fingerprint density at radius 1 is 0.686 bits per heavy atom. The third kappa shape index (κ3) is 3.25. The highest BCUT2D eigenvalue weighted by Gasteiger charge is 2.72. The fraction of sp³-hybridized carbons (Fsp3) is 0.103. The summed E-state index contributed by atoms with van der Waals surface area (Å²) in [7, 11) is 0. The Bertz CT molecular complexity index is 1380. The average molecular weight is 525 g/mol. The van der Waals surface area contributed by atoms with Gasteiger partial charge in [0.2, 0.25) is 5.91 Å². The molecule has 5 nitrogen and oxygen atoms in total. The maximum absolute atomic E-state index is 14.6. The third-order valence-electron chi connectivity index (χ3n) is 6.76. The van der Waals surface area contributed by atoms with Crippen molar-refractivity contribution in [1.29, 1.82) is 0 Å². The number of hydroxylamine groups is 1. The molecule has 2 heterocycles. The first kappa shape index (κ1) is 21.8. The number of halogens is 1. The van der Waals surface area contributed by atoms with Crippen LogP contribution in [-0.2, 0) is 19.8 Å². The van der Waals surface area contributed by atoms with Crippen LogP contribution >= 0.6 is 15.9 Å². The van der Waals surface area contributed by atoms with Crippen molar-refractivity contribution in [3.63, 3.8) is 0 Å². The summed E-state index contributed by atoms with van der Waals surface area (Å²) in [6.07, 6.45) is -1.02. The number of hydrogen-bond acceptors (Lipinski definition) is 4. The summed E-state index contributed by atoms with van der Waals surface area (Å²) in [6, 6.07) is 35.6. The van der Waals surface area contributed by atoms with Gasteiger partial charge in [-0.25, -0.2) is 9.96 Å². The molecule has 2 saturated heterocycles. The molecule has 0 aromatic heterocycles. The second kappa shape index (κ2) is 8.48. The highest BCUT2D eigenvalue weighted by atomic mass is 79.9. The van der Waals surface area contributed by atoms with Crippen LogP contribution in [0.25, 0.3) is 0 Å². The molecule has 3 atom stereocenters. The van der Waals surface area contributed by atoms with Gasteiger partial charge in [-0.15, -0.1) is 0 Å². The van der Waals surface area contributed by atoms with E-state index < -0.39 is 17.6 Å². The van der Waals surface area contributed by atoms with E-state index in [1.165, 1.54) is 4.90 Å². The van der Waals surface area contributed by atoms with Crippen LogP contribution < -0.4 is 9.96 Å².